The third-order valence-electron chi connectivity index (χ3n) is 3.84. The van der Waals surface area contributed by atoms with Crippen LogP contribution in [0.1, 0.15) is 32.3 Å². The number of nitrogens with zero attached hydrogens (tertiary/aromatic N) is 1. The zero-order valence-electron chi connectivity index (χ0n) is 14.4. The van der Waals surface area contributed by atoms with Gasteiger partial charge in [-0.2, -0.15) is 0 Å². The van der Waals surface area contributed by atoms with Crippen LogP contribution in [-0.2, 0) is 6.54 Å². The molecule has 0 fully saturated rings. The molecule has 5 heteroatoms. The molecule has 0 bridgehead atoms. The molecule has 1 aromatic rings. The number of methoxy groups -OCH3 is 2. The topological polar surface area (TPSA) is 54.9 Å². The lowest BCUT2D eigenvalue weighted by atomic mass is 10.0. The molecule has 0 unspecified atom stereocenters. The average Bonchev–Trinajstić information content (AvgIpc) is 2.57. The zero-order chi connectivity index (χ0) is 16.4. The Morgan fingerprint density at radius 2 is 1.77 bits per heavy atom. The van der Waals surface area contributed by atoms with Gasteiger partial charge < -0.3 is 20.1 Å². The fraction of sp³-hybridized carbons (Fsp3) is 0.588. The monoisotopic (exact) mass is 307 g/mol. The lowest BCUT2D eigenvalue weighted by Crippen LogP contribution is -2.39. The van der Waals surface area contributed by atoms with Gasteiger partial charge in [0, 0.05) is 20.1 Å². The minimum Gasteiger partial charge on any atom is -0.493 e. The van der Waals surface area contributed by atoms with Gasteiger partial charge in [-0.05, 0) is 23.6 Å². The molecule has 1 aromatic carbocycles. The first kappa shape index (κ1) is 18.1. The van der Waals surface area contributed by atoms with Gasteiger partial charge in [-0.1, -0.05) is 32.8 Å². The van der Waals surface area contributed by atoms with Crippen LogP contribution in [0.2, 0.25) is 0 Å². The third-order valence-corrected chi connectivity index (χ3v) is 3.84. The molecule has 0 aliphatic carbocycles. The van der Waals surface area contributed by atoms with Gasteiger partial charge in [0.2, 0.25) is 0 Å². The summed E-state index contributed by atoms with van der Waals surface area (Å²) in [5.41, 5.74) is 1.11. The van der Waals surface area contributed by atoms with Crippen molar-refractivity contribution in [2.24, 2.45) is 10.9 Å². The third kappa shape index (κ3) is 5.47. The van der Waals surface area contributed by atoms with E-state index in [1.54, 1.807) is 21.3 Å². The van der Waals surface area contributed by atoms with Crippen LogP contribution in [-0.4, -0.2) is 33.8 Å². The highest BCUT2D eigenvalue weighted by molar-refractivity contribution is 5.79. The van der Waals surface area contributed by atoms with Gasteiger partial charge >= 0.3 is 0 Å². The average molecular weight is 307 g/mol. The highest BCUT2D eigenvalue weighted by Crippen LogP contribution is 2.27. The van der Waals surface area contributed by atoms with Crippen LogP contribution in [0.25, 0.3) is 0 Å². The summed E-state index contributed by atoms with van der Waals surface area (Å²) in [5, 5.41) is 6.70. The second kappa shape index (κ2) is 9.92. The minimum absolute atomic E-state index is 0.680. The Morgan fingerprint density at radius 3 is 2.32 bits per heavy atom. The molecule has 0 aliphatic heterocycles. The number of rotatable bonds is 8. The summed E-state index contributed by atoms with van der Waals surface area (Å²) in [4.78, 5) is 4.26. The normalized spacial score (nSPS) is 11.5. The summed E-state index contributed by atoms with van der Waals surface area (Å²) in [7, 11) is 5.07. The first-order valence-corrected chi connectivity index (χ1v) is 7.83. The Labute approximate surface area is 134 Å². The second-order valence-electron chi connectivity index (χ2n) is 5.18. The zero-order valence-corrected chi connectivity index (χ0v) is 14.4. The summed E-state index contributed by atoms with van der Waals surface area (Å²) in [6.07, 6.45) is 2.35. The minimum atomic E-state index is 0.680. The smallest absolute Gasteiger partial charge is 0.191 e. The van der Waals surface area contributed by atoms with Crippen molar-refractivity contribution in [3.05, 3.63) is 23.8 Å². The van der Waals surface area contributed by atoms with Crippen molar-refractivity contribution in [1.29, 1.82) is 0 Å². The largest absolute Gasteiger partial charge is 0.493 e. The van der Waals surface area contributed by atoms with E-state index in [1.165, 1.54) is 12.8 Å². The number of hydrogen-bond acceptors (Lipinski definition) is 3. The Bertz CT molecular complexity index is 471. The lowest BCUT2D eigenvalue weighted by Gasteiger charge is -2.17. The quantitative estimate of drug-likeness (QED) is 0.573. The van der Waals surface area contributed by atoms with Crippen molar-refractivity contribution < 1.29 is 9.47 Å². The van der Waals surface area contributed by atoms with Gasteiger partial charge in [0.15, 0.2) is 17.5 Å². The predicted octanol–water partition coefficient (Wildman–Crippen LogP) is 2.81. The maximum atomic E-state index is 5.32. The summed E-state index contributed by atoms with van der Waals surface area (Å²) < 4.78 is 10.6. The van der Waals surface area contributed by atoms with Gasteiger partial charge in [-0.3, -0.25) is 4.99 Å². The molecule has 1 rings (SSSR count). The molecule has 124 valence electrons. The number of ether oxygens (including phenoxy) is 2. The molecule has 0 saturated carbocycles. The SMILES string of the molecule is CCC(CC)CNC(=NC)NCc1ccc(OC)c(OC)c1. The Kier molecular flexibility index (Phi) is 8.18. The van der Waals surface area contributed by atoms with Crippen LogP contribution in [0.5, 0.6) is 11.5 Å². The highest BCUT2D eigenvalue weighted by Gasteiger charge is 2.07. The van der Waals surface area contributed by atoms with E-state index in [1.807, 2.05) is 18.2 Å². The molecule has 0 saturated heterocycles. The number of benzene rings is 1. The molecular formula is C17H29N3O2. The van der Waals surface area contributed by atoms with Crippen LogP contribution >= 0.6 is 0 Å². The Balaban J connectivity index is 2.56. The van der Waals surface area contributed by atoms with E-state index in [0.717, 1.165) is 29.6 Å². The lowest BCUT2D eigenvalue weighted by molar-refractivity contribution is 0.354. The number of nitrogens with one attached hydrogen (secondary N) is 2. The fourth-order valence-electron chi connectivity index (χ4n) is 2.22. The Morgan fingerprint density at radius 1 is 1.09 bits per heavy atom. The van der Waals surface area contributed by atoms with Crippen molar-refractivity contribution in [3.8, 4) is 11.5 Å². The number of aliphatic imine (C=N–C) groups is 1. The molecule has 0 aromatic heterocycles. The van der Waals surface area contributed by atoms with E-state index in [0.29, 0.717) is 12.5 Å². The first-order chi connectivity index (χ1) is 10.7. The first-order valence-electron chi connectivity index (χ1n) is 7.83. The van der Waals surface area contributed by atoms with Crippen LogP contribution in [0.4, 0.5) is 0 Å². The van der Waals surface area contributed by atoms with E-state index < -0.39 is 0 Å². The fourth-order valence-corrected chi connectivity index (χ4v) is 2.22. The van der Waals surface area contributed by atoms with Gasteiger partial charge in [-0.25, -0.2) is 0 Å². The van der Waals surface area contributed by atoms with Crippen LogP contribution < -0.4 is 20.1 Å². The molecule has 0 radical (unpaired) electrons. The molecule has 0 amide bonds. The highest BCUT2D eigenvalue weighted by atomic mass is 16.5. The maximum Gasteiger partial charge on any atom is 0.191 e. The van der Waals surface area contributed by atoms with Crippen molar-refractivity contribution in [1.82, 2.24) is 10.6 Å². The molecule has 0 heterocycles. The van der Waals surface area contributed by atoms with E-state index in [4.69, 9.17) is 9.47 Å². The standard InChI is InChI=1S/C17H29N3O2/c1-6-13(7-2)11-19-17(18-3)20-12-14-8-9-15(21-4)16(10-14)22-5/h8-10,13H,6-7,11-12H2,1-5H3,(H2,18,19,20). The van der Waals surface area contributed by atoms with Gasteiger partial charge in [0.25, 0.3) is 0 Å². The molecule has 0 atom stereocenters. The van der Waals surface area contributed by atoms with Gasteiger partial charge in [0.1, 0.15) is 0 Å². The van der Waals surface area contributed by atoms with Crippen LogP contribution in [0.15, 0.2) is 23.2 Å². The van der Waals surface area contributed by atoms with Gasteiger partial charge in [-0.15, -0.1) is 0 Å². The van der Waals surface area contributed by atoms with Gasteiger partial charge in [0.05, 0.1) is 14.2 Å². The van der Waals surface area contributed by atoms with Crippen LogP contribution in [0.3, 0.4) is 0 Å². The van der Waals surface area contributed by atoms with E-state index in [2.05, 4.69) is 29.5 Å². The van der Waals surface area contributed by atoms with Crippen LogP contribution in [0, 0.1) is 5.92 Å². The molecule has 2 N–H and O–H groups in total. The molecule has 0 aliphatic rings. The summed E-state index contributed by atoms with van der Waals surface area (Å²) in [5.74, 6) is 2.98. The maximum absolute atomic E-state index is 5.32. The summed E-state index contributed by atoms with van der Waals surface area (Å²) in [6, 6.07) is 5.90. The van der Waals surface area contributed by atoms with E-state index in [-0.39, 0.29) is 0 Å². The number of guanidine groups is 1. The van der Waals surface area contributed by atoms with Crippen molar-refractivity contribution in [3.63, 3.8) is 0 Å². The molecular weight excluding hydrogens is 278 g/mol. The molecule has 22 heavy (non-hydrogen) atoms. The summed E-state index contributed by atoms with van der Waals surface area (Å²) >= 11 is 0. The number of hydrogen-bond donors (Lipinski definition) is 2. The summed E-state index contributed by atoms with van der Waals surface area (Å²) in [6.45, 7) is 6.06. The van der Waals surface area contributed by atoms with Crippen molar-refractivity contribution in [2.75, 3.05) is 27.8 Å². The van der Waals surface area contributed by atoms with E-state index >= 15 is 0 Å². The van der Waals surface area contributed by atoms with Crippen molar-refractivity contribution in [2.45, 2.75) is 33.2 Å². The van der Waals surface area contributed by atoms with E-state index in [9.17, 15) is 0 Å². The second-order valence-corrected chi connectivity index (χ2v) is 5.18. The van der Waals surface area contributed by atoms with Crippen molar-refractivity contribution >= 4 is 5.96 Å². The Hall–Kier alpha value is -1.91. The molecule has 0 spiro atoms. The predicted molar refractivity (Wildman–Crippen MR) is 91.8 cm³/mol. The molecule has 5 nitrogen and oxygen atoms in total.